The number of methoxy groups -OCH3 is 1. The largest absolute Gasteiger partial charge is 0.497 e. The van der Waals surface area contributed by atoms with Crippen LogP contribution in [0.15, 0.2) is 36.5 Å². The quantitative estimate of drug-likeness (QED) is 0.865. The van der Waals surface area contributed by atoms with Crippen LogP contribution in [0.1, 0.15) is 24.2 Å². The van der Waals surface area contributed by atoms with E-state index in [0.29, 0.717) is 0 Å². The van der Waals surface area contributed by atoms with Crippen molar-refractivity contribution in [2.24, 2.45) is 7.05 Å². The summed E-state index contributed by atoms with van der Waals surface area (Å²) in [5, 5.41) is 7.76. The molecule has 2 aromatic rings. The van der Waals surface area contributed by atoms with Gasteiger partial charge in [0.15, 0.2) is 0 Å². The van der Waals surface area contributed by atoms with Gasteiger partial charge in [-0.05, 0) is 36.7 Å². The van der Waals surface area contributed by atoms with Gasteiger partial charge in [-0.15, -0.1) is 0 Å². The lowest BCUT2D eigenvalue weighted by atomic mass is 10.0. The van der Waals surface area contributed by atoms with E-state index in [2.05, 4.69) is 35.5 Å². The van der Waals surface area contributed by atoms with Crippen molar-refractivity contribution < 1.29 is 4.74 Å². The van der Waals surface area contributed by atoms with Crippen LogP contribution in [0.2, 0.25) is 0 Å². The minimum absolute atomic E-state index is 0.283. The van der Waals surface area contributed by atoms with Crippen LogP contribution in [-0.2, 0) is 13.5 Å². The fraction of sp³-hybridized carbons (Fsp3) is 0.400. The van der Waals surface area contributed by atoms with Crippen LogP contribution < -0.4 is 10.1 Å². The van der Waals surface area contributed by atoms with E-state index in [9.17, 15) is 0 Å². The van der Waals surface area contributed by atoms with E-state index in [4.69, 9.17) is 4.74 Å². The van der Waals surface area contributed by atoms with E-state index in [-0.39, 0.29) is 6.04 Å². The molecule has 0 fully saturated rings. The molecule has 102 valence electrons. The van der Waals surface area contributed by atoms with Crippen molar-refractivity contribution >= 4 is 0 Å². The van der Waals surface area contributed by atoms with Crippen molar-refractivity contribution in [3.05, 3.63) is 47.8 Å². The number of nitrogens with zero attached hydrogens (tertiary/aromatic N) is 2. The predicted molar refractivity (Wildman–Crippen MR) is 76.3 cm³/mol. The second kappa shape index (κ2) is 6.38. The van der Waals surface area contributed by atoms with Crippen LogP contribution in [0.5, 0.6) is 5.75 Å². The highest BCUT2D eigenvalue weighted by Gasteiger charge is 2.14. The van der Waals surface area contributed by atoms with Gasteiger partial charge in [-0.1, -0.05) is 19.1 Å². The Hall–Kier alpha value is -1.81. The Morgan fingerprint density at radius 3 is 2.53 bits per heavy atom. The van der Waals surface area contributed by atoms with Gasteiger partial charge in [0.1, 0.15) is 5.75 Å². The van der Waals surface area contributed by atoms with E-state index < -0.39 is 0 Å². The lowest BCUT2D eigenvalue weighted by Crippen LogP contribution is -2.25. The summed E-state index contributed by atoms with van der Waals surface area (Å²) in [6.07, 6.45) is 2.78. The van der Waals surface area contributed by atoms with Crippen molar-refractivity contribution in [2.75, 3.05) is 13.7 Å². The molecular weight excluding hydrogens is 238 g/mol. The zero-order valence-electron chi connectivity index (χ0n) is 11.8. The molecule has 1 aromatic heterocycles. The molecular formula is C15H21N3O. The van der Waals surface area contributed by atoms with E-state index in [1.165, 1.54) is 11.3 Å². The minimum atomic E-state index is 0.283. The zero-order chi connectivity index (χ0) is 13.7. The highest BCUT2D eigenvalue weighted by molar-refractivity contribution is 5.28. The van der Waals surface area contributed by atoms with Crippen molar-refractivity contribution in [3.8, 4) is 5.75 Å². The number of aryl methyl sites for hydroxylation is 1. The molecule has 1 unspecified atom stereocenters. The van der Waals surface area contributed by atoms with Gasteiger partial charge in [0.2, 0.25) is 0 Å². The van der Waals surface area contributed by atoms with Gasteiger partial charge in [0.05, 0.1) is 18.8 Å². The standard InChI is InChI=1S/C15H21N3O/c1-4-16-14(15-9-10-17-18(15)2)11-12-5-7-13(19-3)8-6-12/h5-10,14,16H,4,11H2,1-3H3. The molecule has 2 rings (SSSR count). The van der Waals surface area contributed by atoms with Crippen molar-refractivity contribution in [1.82, 2.24) is 15.1 Å². The van der Waals surface area contributed by atoms with E-state index in [1.807, 2.05) is 30.1 Å². The number of likely N-dealkylation sites (N-methyl/N-ethyl adjacent to an activating group) is 1. The highest BCUT2D eigenvalue weighted by atomic mass is 16.5. The third-order valence-corrected chi connectivity index (χ3v) is 3.27. The maximum atomic E-state index is 5.18. The van der Waals surface area contributed by atoms with Gasteiger partial charge in [-0.3, -0.25) is 4.68 Å². The SMILES string of the molecule is CCNC(Cc1ccc(OC)cc1)c1ccnn1C. The fourth-order valence-electron chi connectivity index (χ4n) is 2.25. The molecule has 1 atom stereocenters. The number of hydrogen-bond donors (Lipinski definition) is 1. The van der Waals surface area contributed by atoms with Crippen LogP contribution in [0.4, 0.5) is 0 Å². The summed E-state index contributed by atoms with van der Waals surface area (Å²) in [7, 11) is 3.67. The molecule has 1 N–H and O–H groups in total. The molecule has 0 amide bonds. The van der Waals surface area contributed by atoms with E-state index in [1.54, 1.807) is 7.11 Å². The van der Waals surface area contributed by atoms with Crippen molar-refractivity contribution in [1.29, 1.82) is 0 Å². The van der Waals surface area contributed by atoms with Crippen LogP contribution in [-0.4, -0.2) is 23.4 Å². The molecule has 0 radical (unpaired) electrons. The molecule has 0 bridgehead atoms. The second-order valence-corrected chi connectivity index (χ2v) is 4.54. The van der Waals surface area contributed by atoms with Crippen molar-refractivity contribution in [2.45, 2.75) is 19.4 Å². The number of hydrogen-bond acceptors (Lipinski definition) is 3. The third kappa shape index (κ3) is 3.35. The van der Waals surface area contributed by atoms with Gasteiger partial charge in [-0.2, -0.15) is 5.10 Å². The maximum Gasteiger partial charge on any atom is 0.118 e. The Morgan fingerprint density at radius 2 is 2.00 bits per heavy atom. The van der Waals surface area contributed by atoms with Crippen LogP contribution in [0.25, 0.3) is 0 Å². The molecule has 1 aromatic carbocycles. The molecule has 0 aliphatic rings. The predicted octanol–water partition coefficient (Wildman–Crippen LogP) is 2.32. The molecule has 0 aliphatic heterocycles. The van der Waals surface area contributed by atoms with Gasteiger partial charge in [0.25, 0.3) is 0 Å². The molecule has 19 heavy (non-hydrogen) atoms. The summed E-state index contributed by atoms with van der Waals surface area (Å²) in [4.78, 5) is 0. The van der Waals surface area contributed by atoms with E-state index in [0.717, 1.165) is 18.7 Å². The number of nitrogens with one attached hydrogen (secondary N) is 1. The molecule has 0 spiro atoms. The van der Waals surface area contributed by atoms with Crippen LogP contribution in [0, 0.1) is 0 Å². The average molecular weight is 259 g/mol. The first-order valence-electron chi connectivity index (χ1n) is 6.58. The number of rotatable bonds is 6. The highest BCUT2D eigenvalue weighted by Crippen LogP contribution is 2.19. The second-order valence-electron chi connectivity index (χ2n) is 4.54. The van der Waals surface area contributed by atoms with Gasteiger partial charge in [0, 0.05) is 13.2 Å². The molecule has 4 nitrogen and oxygen atoms in total. The zero-order valence-corrected chi connectivity index (χ0v) is 11.8. The Labute approximate surface area is 114 Å². The van der Waals surface area contributed by atoms with Crippen LogP contribution >= 0.6 is 0 Å². The Bertz CT molecular complexity index is 504. The average Bonchev–Trinajstić information content (AvgIpc) is 2.85. The topological polar surface area (TPSA) is 39.1 Å². The molecule has 0 saturated carbocycles. The minimum Gasteiger partial charge on any atom is -0.497 e. The number of ether oxygens (including phenoxy) is 1. The summed E-state index contributed by atoms with van der Waals surface area (Å²) in [5.74, 6) is 0.893. The normalized spacial score (nSPS) is 12.4. The van der Waals surface area contributed by atoms with E-state index >= 15 is 0 Å². The lowest BCUT2D eigenvalue weighted by Gasteiger charge is -2.18. The van der Waals surface area contributed by atoms with Crippen LogP contribution in [0.3, 0.4) is 0 Å². The molecule has 4 heteroatoms. The first kappa shape index (κ1) is 13.6. The molecule has 1 heterocycles. The molecule has 0 aliphatic carbocycles. The van der Waals surface area contributed by atoms with Gasteiger partial charge < -0.3 is 10.1 Å². The van der Waals surface area contributed by atoms with Crippen molar-refractivity contribution in [3.63, 3.8) is 0 Å². The number of benzene rings is 1. The number of aromatic nitrogens is 2. The lowest BCUT2D eigenvalue weighted by molar-refractivity contribution is 0.414. The Kier molecular flexibility index (Phi) is 4.58. The monoisotopic (exact) mass is 259 g/mol. The first-order chi connectivity index (χ1) is 9.24. The summed E-state index contributed by atoms with van der Waals surface area (Å²) >= 11 is 0. The Morgan fingerprint density at radius 1 is 1.26 bits per heavy atom. The van der Waals surface area contributed by atoms with Gasteiger partial charge >= 0.3 is 0 Å². The smallest absolute Gasteiger partial charge is 0.118 e. The fourth-order valence-corrected chi connectivity index (χ4v) is 2.25. The summed E-state index contributed by atoms with van der Waals surface area (Å²) < 4.78 is 7.11. The third-order valence-electron chi connectivity index (χ3n) is 3.27. The Balaban J connectivity index is 2.14. The summed E-state index contributed by atoms with van der Waals surface area (Å²) in [6, 6.07) is 10.6. The summed E-state index contributed by atoms with van der Waals surface area (Å²) in [6.45, 7) is 3.06. The maximum absolute atomic E-state index is 5.18. The summed E-state index contributed by atoms with van der Waals surface area (Å²) in [5.41, 5.74) is 2.49. The van der Waals surface area contributed by atoms with Gasteiger partial charge in [-0.25, -0.2) is 0 Å². The first-order valence-corrected chi connectivity index (χ1v) is 6.58. The molecule has 0 saturated heterocycles.